The highest BCUT2D eigenvalue weighted by Gasteiger charge is 2.47. The Morgan fingerprint density at radius 2 is 1.71 bits per heavy atom. The van der Waals surface area contributed by atoms with Crippen molar-refractivity contribution in [2.45, 2.75) is 57.5 Å². The van der Waals surface area contributed by atoms with Gasteiger partial charge in [-0.25, -0.2) is 0 Å². The standard InChI is InChI=1S/C24H28N2O2/c1-2-17-12-14-20(15-13-17)25-23(27)22-16-19-10-6-7-11-21(19)26(22)24(28)18-8-4-3-5-9-18/h3-5,8-9,12-15,19,21-22H,2,6-7,10-11,16H2,1H3,(H,25,27). The average Bonchev–Trinajstić information content (AvgIpc) is 3.14. The van der Waals surface area contributed by atoms with Gasteiger partial charge < -0.3 is 10.2 Å². The second-order valence-electron chi connectivity index (χ2n) is 7.98. The van der Waals surface area contributed by atoms with Gasteiger partial charge in [-0.3, -0.25) is 9.59 Å². The van der Waals surface area contributed by atoms with Crippen LogP contribution < -0.4 is 5.32 Å². The third kappa shape index (κ3) is 3.68. The molecule has 0 aromatic heterocycles. The van der Waals surface area contributed by atoms with Crippen molar-refractivity contribution in [3.63, 3.8) is 0 Å². The molecular weight excluding hydrogens is 348 g/mol. The first kappa shape index (κ1) is 18.7. The SMILES string of the molecule is CCc1ccc(NC(=O)C2CC3CCCCC3N2C(=O)c2ccccc2)cc1. The molecule has 0 radical (unpaired) electrons. The van der Waals surface area contributed by atoms with Crippen molar-refractivity contribution in [1.29, 1.82) is 0 Å². The van der Waals surface area contributed by atoms with Gasteiger partial charge in [-0.2, -0.15) is 0 Å². The maximum atomic E-state index is 13.3. The molecule has 4 rings (SSSR count). The van der Waals surface area contributed by atoms with Crippen molar-refractivity contribution in [2.75, 3.05) is 5.32 Å². The number of carbonyl (C=O) groups is 2. The number of nitrogens with one attached hydrogen (secondary N) is 1. The van der Waals surface area contributed by atoms with Gasteiger partial charge in [-0.15, -0.1) is 0 Å². The van der Waals surface area contributed by atoms with Crippen molar-refractivity contribution in [3.8, 4) is 0 Å². The quantitative estimate of drug-likeness (QED) is 0.844. The van der Waals surface area contributed by atoms with Crippen molar-refractivity contribution < 1.29 is 9.59 Å². The fourth-order valence-corrected chi connectivity index (χ4v) is 4.77. The molecule has 2 aromatic rings. The number of likely N-dealkylation sites (tertiary alicyclic amines) is 1. The summed E-state index contributed by atoms with van der Waals surface area (Å²) >= 11 is 0. The monoisotopic (exact) mass is 376 g/mol. The van der Waals surface area contributed by atoms with Crippen molar-refractivity contribution >= 4 is 17.5 Å². The summed E-state index contributed by atoms with van der Waals surface area (Å²) in [6.45, 7) is 2.11. The van der Waals surface area contributed by atoms with Crippen LogP contribution in [0.5, 0.6) is 0 Å². The number of fused-ring (bicyclic) bond motifs is 1. The summed E-state index contributed by atoms with van der Waals surface area (Å²) in [5.41, 5.74) is 2.70. The van der Waals surface area contributed by atoms with Crippen LogP contribution in [0.15, 0.2) is 54.6 Å². The number of benzene rings is 2. The van der Waals surface area contributed by atoms with E-state index in [9.17, 15) is 9.59 Å². The van der Waals surface area contributed by atoms with Gasteiger partial charge in [0.2, 0.25) is 5.91 Å². The lowest BCUT2D eigenvalue weighted by Gasteiger charge is -2.33. The third-order valence-electron chi connectivity index (χ3n) is 6.28. The highest BCUT2D eigenvalue weighted by molar-refractivity contribution is 6.01. The van der Waals surface area contributed by atoms with Gasteiger partial charge in [0.1, 0.15) is 6.04 Å². The van der Waals surface area contributed by atoms with Gasteiger partial charge in [-0.1, -0.05) is 50.1 Å². The van der Waals surface area contributed by atoms with E-state index in [0.29, 0.717) is 11.5 Å². The molecule has 1 aliphatic carbocycles. The van der Waals surface area contributed by atoms with E-state index in [1.165, 1.54) is 12.0 Å². The number of nitrogens with zero attached hydrogens (tertiary/aromatic N) is 1. The van der Waals surface area contributed by atoms with Gasteiger partial charge >= 0.3 is 0 Å². The smallest absolute Gasteiger partial charge is 0.254 e. The summed E-state index contributed by atoms with van der Waals surface area (Å²) in [6, 6.07) is 17.1. The van der Waals surface area contributed by atoms with Gasteiger partial charge in [0.05, 0.1) is 0 Å². The Kier molecular flexibility index (Phi) is 5.47. The molecule has 3 atom stereocenters. The van der Waals surface area contributed by atoms with Crippen molar-refractivity contribution in [3.05, 3.63) is 65.7 Å². The molecule has 1 saturated carbocycles. The van der Waals surface area contributed by atoms with Crippen LogP contribution in [0, 0.1) is 5.92 Å². The fourth-order valence-electron chi connectivity index (χ4n) is 4.77. The van der Waals surface area contributed by atoms with Crippen LogP contribution in [0.3, 0.4) is 0 Å². The van der Waals surface area contributed by atoms with Crippen LogP contribution in [0.4, 0.5) is 5.69 Å². The molecule has 2 aliphatic rings. The Bertz CT molecular complexity index is 831. The first-order valence-corrected chi connectivity index (χ1v) is 10.4. The lowest BCUT2D eigenvalue weighted by Crippen LogP contribution is -2.47. The number of carbonyl (C=O) groups excluding carboxylic acids is 2. The number of hydrogen-bond acceptors (Lipinski definition) is 2. The lowest BCUT2D eigenvalue weighted by molar-refractivity contribution is -0.120. The largest absolute Gasteiger partial charge is 0.324 e. The Morgan fingerprint density at radius 1 is 1.00 bits per heavy atom. The lowest BCUT2D eigenvalue weighted by atomic mass is 9.84. The number of amides is 2. The summed E-state index contributed by atoms with van der Waals surface area (Å²) < 4.78 is 0. The maximum Gasteiger partial charge on any atom is 0.254 e. The predicted octanol–water partition coefficient (Wildman–Crippen LogP) is 4.66. The average molecular weight is 377 g/mol. The molecule has 2 aromatic carbocycles. The minimum absolute atomic E-state index is 0.0171. The molecule has 3 unspecified atom stereocenters. The Morgan fingerprint density at radius 3 is 2.43 bits per heavy atom. The summed E-state index contributed by atoms with van der Waals surface area (Å²) in [4.78, 5) is 28.3. The number of aryl methyl sites for hydroxylation is 1. The molecule has 1 saturated heterocycles. The molecule has 2 amide bonds. The molecule has 28 heavy (non-hydrogen) atoms. The summed E-state index contributed by atoms with van der Waals surface area (Å²) in [7, 11) is 0. The molecule has 4 nitrogen and oxygen atoms in total. The van der Waals surface area contributed by atoms with Crippen LogP contribution >= 0.6 is 0 Å². The zero-order valence-electron chi connectivity index (χ0n) is 16.4. The molecule has 2 fully saturated rings. The van der Waals surface area contributed by atoms with Gasteiger partial charge in [-0.05, 0) is 61.4 Å². The minimum atomic E-state index is -0.397. The molecular formula is C24H28N2O2. The Balaban J connectivity index is 1.57. The topological polar surface area (TPSA) is 49.4 Å². The van der Waals surface area contributed by atoms with E-state index in [1.54, 1.807) is 0 Å². The minimum Gasteiger partial charge on any atom is -0.324 e. The van der Waals surface area contributed by atoms with Crippen molar-refractivity contribution in [1.82, 2.24) is 4.90 Å². The molecule has 1 aliphatic heterocycles. The van der Waals surface area contributed by atoms with Gasteiger partial charge in [0, 0.05) is 17.3 Å². The second-order valence-corrected chi connectivity index (χ2v) is 7.98. The van der Waals surface area contributed by atoms with E-state index in [2.05, 4.69) is 12.2 Å². The van der Waals surface area contributed by atoms with Gasteiger partial charge in [0.25, 0.3) is 5.91 Å². The highest BCUT2D eigenvalue weighted by Crippen LogP contribution is 2.40. The van der Waals surface area contributed by atoms with E-state index in [-0.39, 0.29) is 17.9 Å². The van der Waals surface area contributed by atoms with E-state index in [1.807, 2.05) is 59.5 Å². The van der Waals surface area contributed by atoms with E-state index >= 15 is 0 Å². The normalized spacial score (nSPS) is 23.9. The van der Waals surface area contributed by atoms with E-state index < -0.39 is 6.04 Å². The van der Waals surface area contributed by atoms with Crippen LogP contribution in [-0.4, -0.2) is 28.8 Å². The molecule has 1 N–H and O–H groups in total. The van der Waals surface area contributed by atoms with Crippen LogP contribution in [-0.2, 0) is 11.2 Å². The predicted molar refractivity (Wildman–Crippen MR) is 111 cm³/mol. The fraction of sp³-hybridized carbons (Fsp3) is 0.417. The molecule has 146 valence electrons. The molecule has 1 heterocycles. The second kappa shape index (κ2) is 8.17. The zero-order chi connectivity index (χ0) is 19.5. The summed E-state index contributed by atoms with van der Waals surface area (Å²) in [5.74, 6) is 0.346. The van der Waals surface area contributed by atoms with E-state index in [0.717, 1.165) is 37.8 Å². The molecule has 0 spiro atoms. The maximum absolute atomic E-state index is 13.3. The van der Waals surface area contributed by atoms with Crippen LogP contribution in [0.2, 0.25) is 0 Å². The Labute approximate surface area is 166 Å². The number of anilines is 1. The first-order valence-electron chi connectivity index (χ1n) is 10.4. The summed E-state index contributed by atoms with van der Waals surface area (Å²) in [6.07, 6.45) is 6.17. The third-order valence-corrected chi connectivity index (χ3v) is 6.28. The summed E-state index contributed by atoms with van der Waals surface area (Å²) in [5, 5.41) is 3.05. The van der Waals surface area contributed by atoms with Gasteiger partial charge in [0.15, 0.2) is 0 Å². The van der Waals surface area contributed by atoms with Crippen molar-refractivity contribution in [2.24, 2.45) is 5.92 Å². The molecule has 4 heteroatoms. The van der Waals surface area contributed by atoms with Crippen LogP contribution in [0.1, 0.15) is 54.9 Å². The Hall–Kier alpha value is -2.62. The number of rotatable bonds is 4. The first-order chi connectivity index (χ1) is 13.7. The zero-order valence-corrected chi connectivity index (χ0v) is 16.4. The highest BCUT2D eigenvalue weighted by atomic mass is 16.2. The van der Waals surface area contributed by atoms with E-state index in [4.69, 9.17) is 0 Å². The van der Waals surface area contributed by atoms with Crippen LogP contribution in [0.25, 0.3) is 0 Å². The molecule has 0 bridgehead atoms. The number of hydrogen-bond donors (Lipinski definition) is 1.